The van der Waals surface area contributed by atoms with Crippen molar-refractivity contribution in [2.45, 2.75) is 58.0 Å². The molecule has 3 N–H and O–H groups in total. The van der Waals surface area contributed by atoms with Gasteiger partial charge in [-0.05, 0) is 34.1 Å². The Labute approximate surface area is 118 Å². The number of alkyl carbamates (subject to hydrolysis) is 1. The van der Waals surface area contributed by atoms with Gasteiger partial charge in [0.1, 0.15) is 11.7 Å². The van der Waals surface area contributed by atoms with Crippen LogP contribution in [0.3, 0.4) is 0 Å². The molecule has 116 valence electrons. The molecule has 0 radical (unpaired) electrons. The monoisotopic (exact) mass is 289 g/mol. The van der Waals surface area contributed by atoms with E-state index in [9.17, 15) is 19.8 Å². The minimum absolute atomic E-state index is 0.0421. The Balaban J connectivity index is 2.72. The lowest BCUT2D eigenvalue weighted by Crippen LogP contribution is -2.49. The highest BCUT2D eigenvalue weighted by Gasteiger charge is 2.47. The van der Waals surface area contributed by atoms with E-state index in [-0.39, 0.29) is 13.0 Å². The number of hydrogen-bond acceptors (Lipinski definition) is 6. The van der Waals surface area contributed by atoms with Crippen LogP contribution < -0.4 is 5.32 Å². The summed E-state index contributed by atoms with van der Waals surface area (Å²) in [5.41, 5.74) is -0.689. The third-order valence-corrected chi connectivity index (χ3v) is 2.96. The Morgan fingerprint density at radius 1 is 1.30 bits per heavy atom. The van der Waals surface area contributed by atoms with Gasteiger partial charge < -0.3 is 25.0 Å². The van der Waals surface area contributed by atoms with Crippen LogP contribution in [0.5, 0.6) is 0 Å². The van der Waals surface area contributed by atoms with Crippen LogP contribution in [0.2, 0.25) is 0 Å². The van der Waals surface area contributed by atoms with Crippen LogP contribution in [0.4, 0.5) is 4.79 Å². The van der Waals surface area contributed by atoms with Crippen LogP contribution in [-0.2, 0) is 14.3 Å². The molecule has 20 heavy (non-hydrogen) atoms. The Kier molecular flexibility index (Phi) is 5.35. The van der Waals surface area contributed by atoms with Crippen molar-refractivity contribution in [1.29, 1.82) is 0 Å². The third-order valence-electron chi connectivity index (χ3n) is 2.96. The second-order valence-corrected chi connectivity index (χ2v) is 5.82. The number of carbonyl (C=O) groups excluding carboxylic acids is 2. The van der Waals surface area contributed by atoms with Gasteiger partial charge in [0.15, 0.2) is 0 Å². The average Bonchev–Trinajstić information content (AvgIpc) is 2.55. The maximum Gasteiger partial charge on any atom is 0.407 e. The number of hydrogen-bond donors (Lipinski definition) is 3. The number of rotatable bonds is 3. The molecule has 0 saturated heterocycles. The summed E-state index contributed by atoms with van der Waals surface area (Å²) in [7, 11) is 0. The van der Waals surface area contributed by atoms with Crippen LogP contribution in [0.1, 0.15) is 34.1 Å². The molecule has 0 aromatic heterocycles. The van der Waals surface area contributed by atoms with Crippen LogP contribution in [-0.4, -0.2) is 52.7 Å². The van der Waals surface area contributed by atoms with Crippen molar-refractivity contribution in [3.63, 3.8) is 0 Å². The van der Waals surface area contributed by atoms with Gasteiger partial charge in [0.2, 0.25) is 0 Å². The molecule has 1 amide bonds. The van der Waals surface area contributed by atoms with Gasteiger partial charge in [-0.1, -0.05) is 0 Å². The number of ether oxygens (including phenoxy) is 2. The van der Waals surface area contributed by atoms with Crippen molar-refractivity contribution in [3.05, 3.63) is 0 Å². The standard InChI is InChI=1S/C13H23NO6/c1-5-19-11(17)7-6-8(15)10(16)9(7)14-12(18)20-13(2,3)4/h7-10,15-16H,5-6H2,1-4H3,(H,14,18)/t7-,8-,9-,10-/m1/s1. The fourth-order valence-corrected chi connectivity index (χ4v) is 2.15. The SMILES string of the molecule is CCOC(=O)[C@@H]1C[C@@H](O)[C@@H](O)[C@@H]1NC(=O)OC(C)(C)C. The van der Waals surface area contributed by atoms with E-state index in [0.717, 1.165) is 0 Å². The molecule has 0 unspecified atom stereocenters. The first-order valence-corrected chi connectivity index (χ1v) is 6.68. The zero-order valence-corrected chi connectivity index (χ0v) is 12.3. The van der Waals surface area contributed by atoms with Gasteiger partial charge >= 0.3 is 12.1 Å². The molecule has 0 aromatic carbocycles. The maximum absolute atomic E-state index is 11.8. The predicted octanol–water partition coefficient (Wildman–Crippen LogP) is 0.184. The zero-order valence-electron chi connectivity index (χ0n) is 12.3. The van der Waals surface area contributed by atoms with Gasteiger partial charge in [-0.25, -0.2) is 4.79 Å². The first-order chi connectivity index (χ1) is 9.15. The highest BCUT2D eigenvalue weighted by Crippen LogP contribution is 2.28. The van der Waals surface area contributed by atoms with Crippen molar-refractivity contribution in [2.75, 3.05) is 6.61 Å². The van der Waals surface area contributed by atoms with Gasteiger partial charge in [-0.3, -0.25) is 4.79 Å². The number of nitrogens with one attached hydrogen (secondary N) is 1. The molecule has 0 bridgehead atoms. The topological polar surface area (TPSA) is 105 Å². The minimum Gasteiger partial charge on any atom is -0.466 e. The Hall–Kier alpha value is -1.34. The second-order valence-electron chi connectivity index (χ2n) is 5.82. The quantitative estimate of drug-likeness (QED) is 0.640. The van der Waals surface area contributed by atoms with E-state index >= 15 is 0 Å². The minimum atomic E-state index is -1.23. The lowest BCUT2D eigenvalue weighted by molar-refractivity contribution is -0.148. The van der Waals surface area contributed by atoms with Gasteiger partial charge in [0.25, 0.3) is 0 Å². The summed E-state index contributed by atoms with van der Waals surface area (Å²) in [6.07, 6.45) is -3.01. The Morgan fingerprint density at radius 3 is 2.40 bits per heavy atom. The summed E-state index contributed by atoms with van der Waals surface area (Å²) in [5.74, 6) is -1.34. The number of aliphatic hydroxyl groups is 2. The van der Waals surface area contributed by atoms with Gasteiger partial charge in [0.05, 0.1) is 24.7 Å². The van der Waals surface area contributed by atoms with Crippen LogP contribution in [0, 0.1) is 5.92 Å². The van der Waals surface area contributed by atoms with Crippen LogP contribution >= 0.6 is 0 Å². The fourth-order valence-electron chi connectivity index (χ4n) is 2.15. The first-order valence-electron chi connectivity index (χ1n) is 6.68. The summed E-state index contributed by atoms with van der Waals surface area (Å²) in [5, 5.41) is 21.9. The highest BCUT2D eigenvalue weighted by molar-refractivity contribution is 5.76. The average molecular weight is 289 g/mol. The van der Waals surface area contributed by atoms with Gasteiger partial charge in [0, 0.05) is 0 Å². The molecule has 4 atom stereocenters. The maximum atomic E-state index is 11.8. The summed E-state index contributed by atoms with van der Waals surface area (Å²) >= 11 is 0. The van der Waals surface area contributed by atoms with Crippen molar-refractivity contribution in [1.82, 2.24) is 5.32 Å². The van der Waals surface area contributed by atoms with Crippen molar-refractivity contribution >= 4 is 12.1 Å². The molecule has 1 fully saturated rings. The smallest absolute Gasteiger partial charge is 0.407 e. The molecule has 1 aliphatic carbocycles. The van der Waals surface area contributed by atoms with Crippen LogP contribution in [0.25, 0.3) is 0 Å². The molecular formula is C13H23NO6. The van der Waals surface area contributed by atoms with E-state index in [4.69, 9.17) is 9.47 Å². The number of aliphatic hydroxyl groups excluding tert-OH is 2. The normalized spacial score (nSPS) is 29.9. The van der Waals surface area contributed by atoms with E-state index in [0.29, 0.717) is 0 Å². The summed E-state index contributed by atoms with van der Waals surface area (Å²) in [6, 6.07) is -0.918. The molecular weight excluding hydrogens is 266 g/mol. The zero-order chi connectivity index (χ0) is 15.5. The van der Waals surface area contributed by atoms with Gasteiger partial charge in [-0.2, -0.15) is 0 Å². The van der Waals surface area contributed by atoms with E-state index in [2.05, 4.69) is 5.32 Å². The number of carbonyl (C=O) groups is 2. The summed E-state index contributed by atoms with van der Waals surface area (Å²) < 4.78 is 9.96. The second kappa shape index (κ2) is 6.41. The molecule has 7 nitrogen and oxygen atoms in total. The lowest BCUT2D eigenvalue weighted by atomic mass is 10.0. The predicted molar refractivity (Wildman–Crippen MR) is 69.9 cm³/mol. The molecule has 7 heteroatoms. The largest absolute Gasteiger partial charge is 0.466 e. The van der Waals surface area contributed by atoms with Crippen molar-refractivity contribution in [2.24, 2.45) is 5.92 Å². The first kappa shape index (κ1) is 16.7. The van der Waals surface area contributed by atoms with Crippen molar-refractivity contribution < 1.29 is 29.3 Å². The number of amides is 1. The Bertz CT molecular complexity index is 364. The fraction of sp³-hybridized carbons (Fsp3) is 0.846. The molecule has 1 saturated carbocycles. The molecule has 1 rings (SSSR count). The van der Waals surface area contributed by atoms with E-state index in [1.165, 1.54) is 0 Å². The highest BCUT2D eigenvalue weighted by atomic mass is 16.6. The summed E-state index contributed by atoms with van der Waals surface area (Å²) in [6.45, 7) is 6.97. The van der Waals surface area contributed by atoms with E-state index < -0.39 is 41.8 Å². The molecule has 0 spiro atoms. The molecule has 0 aromatic rings. The molecule has 0 heterocycles. The van der Waals surface area contributed by atoms with E-state index in [1.807, 2.05) is 0 Å². The molecule has 1 aliphatic rings. The molecule has 0 aliphatic heterocycles. The lowest BCUT2D eigenvalue weighted by Gasteiger charge is -2.25. The van der Waals surface area contributed by atoms with Crippen molar-refractivity contribution in [3.8, 4) is 0 Å². The summed E-state index contributed by atoms with van der Waals surface area (Å²) in [4.78, 5) is 23.5. The van der Waals surface area contributed by atoms with Gasteiger partial charge in [-0.15, -0.1) is 0 Å². The van der Waals surface area contributed by atoms with Crippen LogP contribution in [0.15, 0.2) is 0 Å². The third kappa shape index (κ3) is 4.35. The Morgan fingerprint density at radius 2 is 1.90 bits per heavy atom. The van der Waals surface area contributed by atoms with E-state index in [1.54, 1.807) is 27.7 Å². The number of esters is 1.